The Balaban J connectivity index is 2.55. The van der Waals surface area contributed by atoms with Gasteiger partial charge in [-0.05, 0) is 23.5 Å². The van der Waals surface area contributed by atoms with Gasteiger partial charge in [0.15, 0.2) is 0 Å². The average molecular weight is 175 g/mol. The number of benzene rings is 1. The molecule has 1 heteroatoms. The highest BCUT2D eigenvalue weighted by Crippen LogP contribution is 2.38. The summed E-state index contributed by atoms with van der Waals surface area (Å²) in [6.07, 6.45) is 1.25. The first-order valence-electron chi connectivity index (χ1n) is 4.92. The highest BCUT2D eigenvalue weighted by Gasteiger charge is 2.28. The Hall–Kier alpha value is -0.980. The fourth-order valence-electron chi connectivity index (χ4n) is 2.08. The Bertz CT molecular complexity index is 315. The molecule has 0 radical (unpaired) electrons. The van der Waals surface area contributed by atoms with E-state index < -0.39 is 0 Å². The van der Waals surface area contributed by atoms with Gasteiger partial charge < -0.3 is 4.90 Å². The quantitative estimate of drug-likeness (QED) is 0.586. The summed E-state index contributed by atoms with van der Waals surface area (Å²) in [5.74, 6) is 0. The van der Waals surface area contributed by atoms with Gasteiger partial charge in [-0.3, -0.25) is 0 Å². The second-order valence-electron chi connectivity index (χ2n) is 4.57. The highest BCUT2D eigenvalue weighted by atomic mass is 15.1. The van der Waals surface area contributed by atoms with Gasteiger partial charge in [0.05, 0.1) is 0 Å². The van der Waals surface area contributed by atoms with Crippen LogP contribution in [0.3, 0.4) is 0 Å². The van der Waals surface area contributed by atoms with Gasteiger partial charge >= 0.3 is 0 Å². The zero-order valence-corrected chi connectivity index (χ0v) is 8.67. The van der Waals surface area contributed by atoms with Crippen molar-refractivity contribution in [3.05, 3.63) is 29.8 Å². The largest absolute Gasteiger partial charge is 0.374 e. The number of nitrogens with zero attached hydrogens (tertiary/aromatic N) is 1. The topological polar surface area (TPSA) is 3.24 Å². The van der Waals surface area contributed by atoms with E-state index in [2.05, 4.69) is 50.1 Å². The van der Waals surface area contributed by atoms with Crippen LogP contribution >= 0.6 is 0 Å². The van der Waals surface area contributed by atoms with E-state index in [0.717, 1.165) is 0 Å². The van der Waals surface area contributed by atoms with Crippen molar-refractivity contribution in [3.63, 3.8) is 0 Å². The Morgan fingerprint density at radius 2 is 1.92 bits per heavy atom. The van der Waals surface area contributed by atoms with Crippen LogP contribution in [-0.4, -0.2) is 13.6 Å². The molecule has 1 aromatic carbocycles. The van der Waals surface area contributed by atoms with Crippen LogP contribution in [0.25, 0.3) is 0 Å². The van der Waals surface area contributed by atoms with Crippen LogP contribution in [0.2, 0.25) is 0 Å². The molecular weight excluding hydrogens is 158 g/mol. The summed E-state index contributed by atoms with van der Waals surface area (Å²) in [6, 6.07) is 8.73. The van der Waals surface area contributed by atoms with Crippen LogP contribution in [0.15, 0.2) is 24.3 Å². The number of para-hydroxylation sites is 1. The van der Waals surface area contributed by atoms with Crippen LogP contribution in [-0.2, 0) is 5.41 Å². The van der Waals surface area contributed by atoms with Gasteiger partial charge in [-0.15, -0.1) is 0 Å². The molecule has 13 heavy (non-hydrogen) atoms. The standard InChI is InChI=1S/C12H17N/c1-12(2)8-9-13(3)11-7-5-4-6-10(11)12/h4-7H,8-9H2,1-3H3. The predicted octanol–water partition coefficient (Wildman–Crippen LogP) is 2.80. The summed E-state index contributed by atoms with van der Waals surface area (Å²) in [5.41, 5.74) is 3.24. The maximum absolute atomic E-state index is 2.35. The van der Waals surface area contributed by atoms with Gasteiger partial charge in [0.2, 0.25) is 0 Å². The molecule has 0 N–H and O–H groups in total. The molecule has 0 saturated carbocycles. The van der Waals surface area contributed by atoms with Gasteiger partial charge in [0, 0.05) is 19.3 Å². The molecule has 1 nitrogen and oxygen atoms in total. The molecule has 0 spiro atoms. The van der Waals surface area contributed by atoms with Crippen molar-refractivity contribution in [1.29, 1.82) is 0 Å². The zero-order valence-electron chi connectivity index (χ0n) is 8.67. The van der Waals surface area contributed by atoms with E-state index in [-0.39, 0.29) is 0 Å². The monoisotopic (exact) mass is 175 g/mol. The summed E-state index contributed by atoms with van der Waals surface area (Å²) >= 11 is 0. The molecule has 0 saturated heterocycles. The van der Waals surface area contributed by atoms with Gasteiger partial charge in [-0.2, -0.15) is 0 Å². The van der Waals surface area contributed by atoms with Crippen LogP contribution in [0, 0.1) is 0 Å². The molecule has 0 unspecified atom stereocenters. The Kier molecular flexibility index (Phi) is 1.83. The summed E-state index contributed by atoms with van der Waals surface area (Å²) in [4.78, 5) is 2.35. The molecule has 0 fully saturated rings. The zero-order chi connectivity index (χ0) is 9.47. The second-order valence-corrected chi connectivity index (χ2v) is 4.57. The lowest BCUT2D eigenvalue weighted by molar-refractivity contribution is 0.462. The lowest BCUT2D eigenvalue weighted by Crippen LogP contribution is -2.34. The Labute approximate surface area is 80.4 Å². The molecule has 2 rings (SSSR count). The van der Waals surface area contributed by atoms with Gasteiger partial charge in [0.1, 0.15) is 0 Å². The maximum atomic E-state index is 2.35. The van der Waals surface area contributed by atoms with E-state index in [1.807, 2.05) is 0 Å². The molecule has 0 aliphatic carbocycles. The number of hydrogen-bond acceptors (Lipinski definition) is 1. The summed E-state index contributed by atoms with van der Waals surface area (Å²) in [6.45, 7) is 5.84. The van der Waals surface area contributed by atoms with Crippen molar-refractivity contribution >= 4 is 5.69 Å². The van der Waals surface area contributed by atoms with Crippen molar-refractivity contribution < 1.29 is 0 Å². The highest BCUT2D eigenvalue weighted by molar-refractivity contribution is 5.58. The number of rotatable bonds is 0. The summed E-state index contributed by atoms with van der Waals surface area (Å²) in [5, 5.41) is 0. The molecule has 1 aliphatic rings. The van der Waals surface area contributed by atoms with Crippen LogP contribution in [0.4, 0.5) is 5.69 Å². The van der Waals surface area contributed by atoms with E-state index in [1.165, 1.54) is 24.2 Å². The van der Waals surface area contributed by atoms with Crippen molar-refractivity contribution in [2.24, 2.45) is 0 Å². The van der Waals surface area contributed by atoms with E-state index >= 15 is 0 Å². The normalized spacial score (nSPS) is 19.8. The van der Waals surface area contributed by atoms with Crippen LogP contribution in [0.1, 0.15) is 25.8 Å². The Morgan fingerprint density at radius 3 is 2.62 bits per heavy atom. The van der Waals surface area contributed by atoms with Crippen LogP contribution < -0.4 is 4.90 Å². The molecule has 1 heterocycles. The molecule has 0 aromatic heterocycles. The SMILES string of the molecule is CN1CCC(C)(C)c2ccccc21. The smallest absolute Gasteiger partial charge is 0.0401 e. The number of fused-ring (bicyclic) bond motifs is 1. The molecule has 0 bridgehead atoms. The fourth-order valence-corrected chi connectivity index (χ4v) is 2.08. The summed E-state index contributed by atoms with van der Waals surface area (Å²) in [7, 11) is 2.17. The van der Waals surface area contributed by atoms with E-state index in [4.69, 9.17) is 0 Å². The van der Waals surface area contributed by atoms with Gasteiger partial charge in [-0.1, -0.05) is 32.0 Å². The predicted molar refractivity (Wildman–Crippen MR) is 57.4 cm³/mol. The first kappa shape index (κ1) is 8.61. The second kappa shape index (κ2) is 2.76. The summed E-state index contributed by atoms with van der Waals surface area (Å²) < 4.78 is 0. The van der Waals surface area contributed by atoms with E-state index in [9.17, 15) is 0 Å². The molecule has 0 atom stereocenters. The first-order chi connectivity index (χ1) is 6.11. The third kappa shape index (κ3) is 1.32. The molecule has 70 valence electrons. The molecule has 0 amide bonds. The molecule has 1 aromatic rings. The number of anilines is 1. The lowest BCUT2D eigenvalue weighted by Gasteiger charge is -2.38. The van der Waals surface area contributed by atoms with Gasteiger partial charge in [0.25, 0.3) is 0 Å². The lowest BCUT2D eigenvalue weighted by atomic mass is 9.78. The van der Waals surface area contributed by atoms with E-state index in [0.29, 0.717) is 5.41 Å². The maximum Gasteiger partial charge on any atom is 0.0401 e. The minimum atomic E-state index is 0.350. The molecule has 1 aliphatic heterocycles. The van der Waals surface area contributed by atoms with Crippen molar-refractivity contribution in [1.82, 2.24) is 0 Å². The minimum absolute atomic E-state index is 0.350. The van der Waals surface area contributed by atoms with Crippen molar-refractivity contribution in [2.75, 3.05) is 18.5 Å². The number of hydrogen-bond donors (Lipinski definition) is 0. The minimum Gasteiger partial charge on any atom is -0.374 e. The fraction of sp³-hybridized carbons (Fsp3) is 0.500. The van der Waals surface area contributed by atoms with Crippen LogP contribution in [0.5, 0.6) is 0 Å². The van der Waals surface area contributed by atoms with E-state index in [1.54, 1.807) is 0 Å². The molecular formula is C12H17N. The van der Waals surface area contributed by atoms with Crippen molar-refractivity contribution in [3.8, 4) is 0 Å². The van der Waals surface area contributed by atoms with Crippen molar-refractivity contribution in [2.45, 2.75) is 25.7 Å². The average Bonchev–Trinajstić information content (AvgIpc) is 2.13. The van der Waals surface area contributed by atoms with Gasteiger partial charge in [-0.25, -0.2) is 0 Å². The Morgan fingerprint density at radius 1 is 1.23 bits per heavy atom. The first-order valence-corrected chi connectivity index (χ1v) is 4.92. The third-order valence-corrected chi connectivity index (χ3v) is 3.12. The third-order valence-electron chi connectivity index (χ3n) is 3.12.